The summed E-state index contributed by atoms with van der Waals surface area (Å²) in [6.45, 7) is 8.42. The van der Waals surface area contributed by atoms with E-state index in [0.29, 0.717) is 6.42 Å². The minimum absolute atomic E-state index is 0.270. The highest BCUT2D eigenvalue weighted by Gasteiger charge is 2.26. The lowest BCUT2D eigenvalue weighted by atomic mass is 9.92. The van der Waals surface area contributed by atoms with Crippen LogP contribution in [0.2, 0.25) is 0 Å². The van der Waals surface area contributed by atoms with Gasteiger partial charge in [0, 0.05) is 12.5 Å². The van der Waals surface area contributed by atoms with Gasteiger partial charge < -0.3 is 0 Å². The Morgan fingerprint density at radius 2 is 1.95 bits per heavy atom. The molecule has 104 valence electrons. The van der Waals surface area contributed by atoms with Crippen molar-refractivity contribution >= 4 is 5.78 Å². The van der Waals surface area contributed by atoms with Crippen LogP contribution in [0, 0.1) is 12.8 Å². The predicted molar refractivity (Wildman–Crippen MR) is 79.2 cm³/mol. The van der Waals surface area contributed by atoms with E-state index < -0.39 is 0 Å². The van der Waals surface area contributed by atoms with Crippen molar-refractivity contribution in [3.05, 3.63) is 35.4 Å². The smallest absolute Gasteiger partial charge is 0.131 e. The first-order valence-corrected chi connectivity index (χ1v) is 7.37. The van der Waals surface area contributed by atoms with Gasteiger partial charge >= 0.3 is 0 Å². The maximum atomic E-state index is 11.6. The van der Waals surface area contributed by atoms with E-state index >= 15 is 0 Å². The van der Waals surface area contributed by atoms with Crippen LogP contribution in [-0.2, 0) is 4.79 Å². The van der Waals surface area contributed by atoms with Gasteiger partial charge in [0.25, 0.3) is 0 Å². The molecule has 0 N–H and O–H groups in total. The number of hydrogen-bond donors (Lipinski definition) is 0. The second kappa shape index (κ2) is 6.33. The summed E-state index contributed by atoms with van der Waals surface area (Å²) in [4.78, 5) is 14.1. The molecular weight excluding hydrogens is 234 g/mol. The lowest BCUT2D eigenvalue weighted by Crippen LogP contribution is -2.37. The zero-order valence-electron chi connectivity index (χ0n) is 12.4. The zero-order chi connectivity index (χ0) is 13.8. The molecule has 1 aromatic carbocycles. The monoisotopic (exact) mass is 259 g/mol. The first-order valence-electron chi connectivity index (χ1n) is 7.37. The molecule has 1 unspecified atom stereocenters. The van der Waals surface area contributed by atoms with Crippen molar-refractivity contribution in [2.75, 3.05) is 13.1 Å². The van der Waals surface area contributed by atoms with E-state index in [1.54, 1.807) is 6.92 Å². The zero-order valence-corrected chi connectivity index (χ0v) is 12.4. The number of Topliss-reactive ketones (excluding diaryl/α,β-unsaturated/α-hetero) is 1. The Balaban J connectivity index is 2.21. The van der Waals surface area contributed by atoms with Crippen LogP contribution in [-0.4, -0.2) is 23.8 Å². The van der Waals surface area contributed by atoms with E-state index in [0.717, 1.165) is 19.0 Å². The van der Waals surface area contributed by atoms with Crippen LogP contribution < -0.4 is 0 Å². The van der Waals surface area contributed by atoms with Crippen molar-refractivity contribution in [1.82, 2.24) is 4.90 Å². The summed E-state index contributed by atoms with van der Waals surface area (Å²) in [5.74, 6) is 1.11. The van der Waals surface area contributed by atoms with Crippen molar-refractivity contribution < 1.29 is 4.79 Å². The van der Waals surface area contributed by atoms with Gasteiger partial charge in [-0.25, -0.2) is 0 Å². The van der Waals surface area contributed by atoms with Crippen LogP contribution in [0.15, 0.2) is 24.3 Å². The third-order valence-electron chi connectivity index (χ3n) is 4.29. The molecule has 1 aromatic rings. The Bertz CT molecular complexity index is 433. The highest BCUT2D eigenvalue weighted by molar-refractivity contribution is 5.76. The summed E-state index contributed by atoms with van der Waals surface area (Å²) in [6, 6.07) is 8.76. The Hall–Kier alpha value is -1.15. The molecule has 19 heavy (non-hydrogen) atoms. The average molecular weight is 259 g/mol. The normalized spacial score (nSPS) is 19.3. The van der Waals surface area contributed by atoms with Gasteiger partial charge in [0.05, 0.1) is 0 Å². The van der Waals surface area contributed by atoms with Crippen molar-refractivity contribution in [1.29, 1.82) is 0 Å². The molecule has 0 radical (unpaired) electrons. The third kappa shape index (κ3) is 3.66. The van der Waals surface area contributed by atoms with Crippen molar-refractivity contribution in [2.45, 2.75) is 46.1 Å². The fraction of sp³-hybridized carbons (Fsp3) is 0.588. The second-order valence-electron chi connectivity index (χ2n) is 6.00. The minimum atomic E-state index is 0.270. The van der Waals surface area contributed by atoms with Crippen LogP contribution in [0.4, 0.5) is 0 Å². The molecule has 1 heterocycles. The van der Waals surface area contributed by atoms with Crippen molar-refractivity contribution in [3.63, 3.8) is 0 Å². The molecule has 0 amide bonds. The predicted octanol–water partition coefficient (Wildman–Crippen LogP) is 3.75. The largest absolute Gasteiger partial charge is 0.300 e. The van der Waals surface area contributed by atoms with Gasteiger partial charge in [-0.1, -0.05) is 31.2 Å². The standard InChI is InChI=1S/C17H25NO/c1-13-8-10-18(11-9-13)17(12-15(3)19)16-7-5-4-6-14(16)2/h4-7,13,17H,8-12H2,1-3H3. The topological polar surface area (TPSA) is 20.3 Å². The number of likely N-dealkylation sites (tertiary alicyclic amines) is 1. The SMILES string of the molecule is CC(=O)CC(c1ccccc1C)N1CCC(C)CC1. The van der Waals surface area contributed by atoms with Gasteiger partial charge in [0.2, 0.25) is 0 Å². The summed E-state index contributed by atoms with van der Waals surface area (Å²) in [6.07, 6.45) is 3.14. The number of benzene rings is 1. The highest BCUT2D eigenvalue weighted by Crippen LogP contribution is 2.31. The van der Waals surface area contributed by atoms with E-state index in [1.807, 2.05) is 0 Å². The molecule has 1 aliphatic rings. The summed E-state index contributed by atoms with van der Waals surface area (Å²) >= 11 is 0. The summed E-state index contributed by atoms with van der Waals surface area (Å²) < 4.78 is 0. The second-order valence-corrected chi connectivity index (χ2v) is 6.00. The quantitative estimate of drug-likeness (QED) is 0.821. The van der Waals surface area contributed by atoms with Crippen LogP contribution in [0.1, 0.15) is 50.3 Å². The lowest BCUT2D eigenvalue weighted by Gasteiger charge is -2.37. The molecule has 0 aromatic heterocycles. The molecule has 1 fully saturated rings. The van der Waals surface area contributed by atoms with Crippen molar-refractivity contribution in [3.8, 4) is 0 Å². The van der Waals surface area contributed by atoms with E-state index in [9.17, 15) is 4.79 Å². The molecule has 1 atom stereocenters. The molecule has 1 saturated heterocycles. The highest BCUT2D eigenvalue weighted by atomic mass is 16.1. The van der Waals surface area contributed by atoms with E-state index in [2.05, 4.69) is 43.0 Å². The third-order valence-corrected chi connectivity index (χ3v) is 4.29. The number of aryl methyl sites for hydroxylation is 1. The van der Waals surface area contributed by atoms with Gasteiger partial charge in [-0.15, -0.1) is 0 Å². The Kier molecular flexibility index (Phi) is 4.76. The molecule has 0 spiro atoms. The first-order chi connectivity index (χ1) is 9.08. The number of hydrogen-bond acceptors (Lipinski definition) is 2. The fourth-order valence-electron chi connectivity index (χ4n) is 3.01. The Morgan fingerprint density at radius 3 is 2.53 bits per heavy atom. The summed E-state index contributed by atoms with van der Waals surface area (Å²) in [5.41, 5.74) is 2.62. The summed E-state index contributed by atoms with van der Waals surface area (Å²) in [7, 11) is 0. The molecule has 1 aliphatic heterocycles. The maximum Gasteiger partial charge on any atom is 0.131 e. The molecule has 0 saturated carbocycles. The summed E-state index contributed by atoms with van der Waals surface area (Å²) in [5, 5.41) is 0. The van der Waals surface area contributed by atoms with E-state index in [-0.39, 0.29) is 11.8 Å². The first kappa shape index (κ1) is 14.3. The molecule has 2 heteroatoms. The number of rotatable bonds is 4. The molecule has 2 nitrogen and oxygen atoms in total. The number of carbonyl (C=O) groups excluding carboxylic acids is 1. The van der Waals surface area contributed by atoms with Gasteiger partial charge in [0.15, 0.2) is 0 Å². The van der Waals surface area contributed by atoms with E-state index in [1.165, 1.54) is 24.0 Å². The van der Waals surface area contributed by atoms with Crippen LogP contribution in [0.25, 0.3) is 0 Å². The number of ketones is 1. The fourth-order valence-corrected chi connectivity index (χ4v) is 3.01. The van der Waals surface area contributed by atoms with Crippen LogP contribution in [0.5, 0.6) is 0 Å². The van der Waals surface area contributed by atoms with Gasteiger partial charge in [-0.2, -0.15) is 0 Å². The van der Waals surface area contributed by atoms with Gasteiger partial charge in [-0.3, -0.25) is 9.69 Å². The average Bonchev–Trinajstić information content (AvgIpc) is 2.38. The van der Waals surface area contributed by atoms with Crippen LogP contribution in [0.3, 0.4) is 0 Å². The van der Waals surface area contributed by atoms with E-state index in [4.69, 9.17) is 0 Å². The van der Waals surface area contributed by atoms with Gasteiger partial charge in [0.1, 0.15) is 5.78 Å². The van der Waals surface area contributed by atoms with Gasteiger partial charge in [-0.05, 0) is 56.8 Å². The van der Waals surface area contributed by atoms with Crippen molar-refractivity contribution in [2.24, 2.45) is 5.92 Å². The van der Waals surface area contributed by atoms with Crippen LogP contribution >= 0.6 is 0 Å². The Labute approximate surface area is 116 Å². The minimum Gasteiger partial charge on any atom is -0.300 e. The molecular formula is C17H25NO. The number of nitrogens with zero attached hydrogens (tertiary/aromatic N) is 1. The number of piperidine rings is 1. The number of carbonyl (C=O) groups is 1. The molecule has 0 aliphatic carbocycles. The molecule has 2 rings (SSSR count). The lowest BCUT2D eigenvalue weighted by molar-refractivity contribution is -0.118. The maximum absolute atomic E-state index is 11.6. The molecule has 0 bridgehead atoms. The Morgan fingerprint density at radius 1 is 1.32 bits per heavy atom.